The molecule has 1 amide bonds. The topological polar surface area (TPSA) is 97.6 Å². The van der Waals surface area contributed by atoms with Crippen molar-refractivity contribution in [1.82, 2.24) is 30.0 Å². The highest BCUT2D eigenvalue weighted by atomic mass is 16.1. The van der Waals surface area contributed by atoms with Crippen LogP contribution in [0.2, 0.25) is 0 Å². The van der Waals surface area contributed by atoms with Crippen LogP contribution in [0, 0.1) is 0 Å². The molecule has 2 heterocycles. The Hall–Kier alpha value is -3.29. The van der Waals surface area contributed by atoms with Crippen LogP contribution in [0.25, 0.3) is 0 Å². The lowest BCUT2D eigenvalue weighted by Gasteiger charge is -2.07. The molecule has 0 spiro atoms. The van der Waals surface area contributed by atoms with E-state index < -0.39 is 0 Å². The molecule has 0 aliphatic carbocycles. The van der Waals surface area contributed by atoms with Gasteiger partial charge < -0.3 is 15.2 Å². The summed E-state index contributed by atoms with van der Waals surface area (Å²) in [5, 5.41) is 13.8. The number of nitrogens with one attached hydrogen (secondary N) is 2. The van der Waals surface area contributed by atoms with E-state index >= 15 is 0 Å². The SMILES string of the molecule is CCn1cnnc1CCNC(=O)c1cnc(Nc2ccccc2)nc1. The van der Waals surface area contributed by atoms with Gasteiger partial charge in [0.1, 0.15) is 12.2 Å². The van der Waals surface area contributed by atoms with Gasteiger partial charge in [-0.1, -0.05) is 18.2 Å². The molecule has 0 bridgehead atoms. The smallest absolute Gasteiger partial charge is 0.254 e. The fourth-order valence-corrected chi connectivity index (χ4v) is 2.29. The summed E-state index contributed by atoms with van der Waals surface area (Å²) in [6.07, 6.45) is 5.31. The molecule has 8 nitrogen and oxygen atoms in total. The van der Waals surface area contributed by atoms with Crippen LogP contribution in [0.15, 0.2) is 49.1 Å². The molecule has 0 unspecified atom stereocenters. The molecule has 1 aromatic carbocycles. The van der Waals surface area contributed by atoms with E-state index in [1.165, 1.54) is 12.4 Å². The van der Waals surface area contributed by atoms with Gasteiger partial charge >= 0.3 is 0 Å². The Balaban J connectivity index is 1.52. The number of carbonyl (C=O) groups excluding carboxylic acids is 1. The van der Waals surface area contributed by atoms with Crippen molar-refractivity contribution in [3.8, 4) is 0 Å². The van der Waals surface area contributed by atoms with Gasteiger partial charge in [-0.05, 0) is 19.1 Å². The first-order valence-corrected chi connectivity index (χ1v) is 8.05. The molecule has 0 fully saturated rings. The fourth-order valence-electron chi connectivity index (χ4n) is 2.29. The van der Waals surface area contributed by atoms with E-state index in [-0.39, 0.29) is 5.91 Å². The first kappa shape index (κ1) is 16.6. The minimum Gasteiger partial charge on any atom is -0.351 e. The van der Waals surface area contributed by atoms with Crippen molar-refractivity contribution in [2.24, 2.45) is 0 Å². The maximum absolute atomic E-state index is 12.1. The van der Waals surface area contributed by atoms with Crippen LogP contribution in [-0.2, 0) is 13.0 Å². The molecule has 3 rings (SSSR count). The predicted molar refractivity (Wildman–Crippen MR) is 93.5 cm³/mol. The second-order valence-electron chi connectivity index (χ2n) is 5.33. The number of aryl methyl sites for hydroxylation is 1. The molecule has 2 N–H and O–H groups in total. The van der Waals surface area contributed by atoms with Gasteiger partial charge in [-0.25, -0.2) is 9.97 Å². The Kier molecular flexibility index (Phi) is 5.30. The van der Waals surface area contributed by atoms with Gasteiger partial charge in [0.05, 0.1) is 5.56 Å². The number of hydrogen-bond donors (Lipinski definition) is 2. The number of aromatic nitrogens is 5. The first-order chi connectivity index (χ1) is 12.3. The van der Waals surface area contributed by atoms with Crippen molar-refractivity contribution in [2.75, 3.05) is 11.9 Å². The third kappa shape index (κ3) is 4.37. The highest BCUT2D eigenvalue weighted by molar-refractivity contribution is 5.93. The van der Waals surface area contributed by atoms with Crippen LogP contribution < -0.4 is 10.6 Å². The lowest BCUT2D eigenvalue weighted by molar-refractivity contribution is 0.0953. The zero-order valence-electron chi connectivity index (χ0n) is 13.9. The van der Waals surface area contributed by atoms with Crippen molar-refractivity contribution in [2.45, 2.75) is 19.9 Å². The average molecular weight is 337 g/mol. The van der Waals surface area contributed by atoms with E-state index in [1.54, 1.807) is 6.33 Å². The molecule has 0 aliphatic heterocycles. The van der Waals surface area contributed by atoms with E-state index in [2.05, 4.69) is 30.8 Å². The van der Waals surface area contributed by atoms with Crippen LogP contribution >= 0.6 is 0 Å². The summed E-state index contributed by atoms with van der Waals surface area (Å²) in [4.78, 5) is 20.5. The van der Waals surface area contributed by atoms with Crippen molar-refractivity contribution in [3.05, 3.63) is 60.4 Å². The molecule has 0 radical (unpaired) electrons. The van der Waals surface area contributed by atoms with Gasteiger partial charge in [0.25, 0.3) is 5.91 Å². The Labute approximate surface area is 145 Å². The molecular formula is C17H19N7O. The minimum absolute atomic E-state index is 0.214. The molecule has 128 valence electrons. The van der Waals surface area contributed by atoms with Crippen LogP contribution in [-0.4, -0.2) is 37.2 Å². The molecular weight excluding hydrogens is 318 g/mol. The number of nitrogens with zero attached hydrogens (tertiary/aromatic N) is 5. The molecule has 25 heavy (non-hydrogen) atoms. The van der Waals surface area contributed by atoms with E-state index in [4.69, 9.17) is 0 Å². The normalized spacial score (nSPS) is 10.4. The van der Waals surface area contributed by atoms with Crippen LogP contribution in [0.5, 0.6) is 0 Å². The van der Waals surface area contributed by atoms with Gasteiger partial charge in [0.2, 0.25) is 5.95 Å². The number of para-hydroxylation sites is 1. The largest absolute Gasteiger partial charge is 0.351 e. The van der Waals surface area contributed by atoms with Gasteiger partial charge in [0.15, 0.2) is 0 Å². The highest BCUT2D eigenvalue weighted by Gasteiger charge is 2.08. The van der Waals surface area contributed by atoms with E-state index in [1.807, 2.05) is 41.8 Å². The third-order valence-corrected chi connectivity index (χ3v) is 3.61. The third-order valence-electron chi connectivity index (χ3n) is 3.61. The maximum Gasteiger partial charge on any atom is 0.254 e. The van der Waals surface area contributed by atoms with E-state index in [0.717, 1.165) is 18.1 Å². The van der Waals surface area contributed by atoms with E-state index in [0.29, 0.717) is 24.5 Å². The Morgan fingerprint density at radius 2 is 1.92 bits per heavy atom. The molecule has 2 aromatic heterocycles. The molecule has 0 aliphatic rings. The van der Waals surface area contributed by atoms with Crippen molar-refractivity contribution in [1.29, 1.82) is 0 Å². The predicted octanol–water partition coefficient (Wildman–Crippen LogP) is 1.80. The number of benzene rings is 1. The number of carbonyl (C=O) groups is 1. The zero-order valence-corrected chi connectivity index (χ0v) is 13.9. The molecule has 0 saturated heterocycles. The highest BCUT2D eigenvalue weighted by Crippen LogP contribution is 2.11. The number of rotatable bonds is 7. The second kappa shape index (κ2) is 8.00. The lowest BCUT2D eigenvalue weighted by Crippen LogP contribution is -2.26. The second-order valence-corrected chi connectivity index (χ2v) is 5.33. The molecule has 0 atom stereocenters. The Morgan fingerprint density at radius 1 is 1.16 bits per heavy atom. The fraction of sp³-hybridized carbons (Fsp3) is 0.235. The monoisotopic (exact) mass is 337 g/mol. The van der Waals surface area contributed by atoms with Crippen molar-refractivity contribution < 1.29 is 4.79 Å². The van der Waals surface area contributed by atoms with Gasteiger partial charge in [0, 0.05) is 37.6 Å². The summed E-state index contributed by atoms with van der Waals surface area (Å²) < 4.78 is 1.94. The van der Waals surface area contributed by atoms with E-state index in [9.17, 15) is 4.79 Å². The zero-order chi connectivity index (χ0) is 17.5. The van der Waals surface area contributed by atoms with Crippen LogP contribution in [0.4, 0.5) is 11.6 Å². The summed E-state index contributed by atoms with van der Waals surface area (Å²) in [5.41, 5.74) is 1.30. The van der Waals surface area contributed by atoms with Crippen LogP contribution in [0.1, 0.15) is 23.1 Å². The number of amides is 1. The Morgan fingerprint density at radius 3 is 2.64 bits per heavy atom. The van der Waals surface area contributed by atoms with Gasteiger partial charge in [-0.3, -0.25) is 4.79 Å². The number of anilines is 2. The summed E-state index contributed by atoms with van der Waals surface area (Å²) in [6, 6.07) is 9.60. The number of hydrogen-bond acceptors (Lipinski definition) is 6. The Bertz CT molecular complexity index is 815. The summed E-state index contributed by atoms with van der Waals surface area (Å²) in [6.45, 7) is 3.30. The minimum atomic E-state index is -0.214. The average Bonchev–Trinajstić information content (AvgIpc) is 3.10. The maximum atomic E-state index is 12.1. The summed E-state index contributed by atoms with van der Waals surface area (Å²) in [7, 11) is 0. The lowest BCUT2D eigenvalue weighted by atomic mass is 10.3. The van der Waals surface area contributed by atoms with Gasteiger partial charge in [-0.2, -0.15) is 0 Å². The quantitative estimate of drug-likeness (QED) is 0.682. The van der Waals surface area contributed by atoms with Crippen molar-refractivity contribution in [3.63, 3.8) is 0 Å². The molecule has 8 heteroatoms. The van der Waals surface area contributed by atoms with Crippen LogP contribution in [0.3, 0.4) is 0 Å². The standard InChI is InChI=1S/C17H19N7O/c1-2-24-12-21-23-15(24)8-9-18-16(25)13-10-19-17(20-11-13)22-14-6-4-3-5-7-14/h3-7,10-12H,2,8-9H2,1H3,(H,18,25)(H,19,20,22). The van der Waals surface area contributed by atoms with Gasteiger partial charge in [-0.15, -0.1) is 10.2 Å². The van der Waals surface area contributed by atoms with Crippen molar-refractivity contribution >= 4 is 17.5 Å². The first-order valence-electron chi connectivity index (χ1n) is 8.05. The molecule has 3 aromatic rings. The summed E-state index contributed by atoms with van der Waals surface area (Å²) in [5.74, 6) is 1.08. The summed E-state index contributed by atoms with van der Waals surface area (Å²) >= 11 is 0. The molecule has 0 saturated carbocycles.